The van der Waals surface area contributed by atoms with Crippen molar-refractivity contribution in [2.75, 3.05) is 26.3 Å². The minimum Gasteiger partial charge on any atom is -0.502 e. The third-order valence-corrected chi connectivity index (χ3v) is 6.52. The van der Waals surface area contributed by atoms with Crippen molar-refractivity contribution in [2.45, 2.75) is 31.8 Å². The zero-order valence-corrected chi connectivity index (χ0v) is 20.7. The van der Waals surface area contributed by atoms with E-state index in [9.17, 15) is 14.3 Å². The van der Waals surface area contributed by atoms with Crippen molar-refractivity contribution in [3.63, 3.8) is 0 Å². The first-order valence-electron chi connectivity index (χ1n) is 12.3. The number of aromatic hydroxyl groups is 1. The number of halogens is 1. The van der Waals surface area contributed by atoms with E-state index in [2.05, 4.69) is 50.2 Å². The minimum absolute atomic E-state index is 0.126. The normalized spacial score (nSPS) is 15.2. The van der Waals surface area contributed by atoms with Crippen LogP contribution in [0.15, 0.2) is 59.7 Å². The summed E-state index contributed by atoms with van der Waals surface area (Å²) >= 11 is 0. The Labute approximate surface area is 216 Å². The molecule has 190 valence electrons. The molecule has 1 saturated heterocycles. The topological polar surface area (TPSA) is 105 Å². The summed E-state index contributed by atoms with van der Waals surface area (Å²) in [5, 5.41) is 22.2. The number of likely N-dealkylation sites (tertiary alicyclic amines) is 1. The largest absolute Gasteiger partial charge is 0.502 e. The van der Waals surface area contributed by atoms with Gasteiger partial charge in [0.05, 0.1) is 24.0 Å². The van der Waals surface area contributed by atoms with Gasteiger partial charge in [0.2, 0.25) is 5.75 Å². The third kappa shape index (κ3) is 7.04. The van der Waals surface area contributed by atoms with Crippen molar-refractivity contribution in [3.8, 4) is 23.7 Å². The molecular formula is C29H30FN5O2. The van der Waals surface area contributed by atoms with Crippen molar-refractivity contribution in [2.24, 2.45) is 5.92 Å². The van der Waals surface area contributed by atoms with Crippen LogP contribution in [0.5, 0.6) is 5.75 Å². The van der Waals surface area contributed by atoms with Gasteiger partial charge in [-0.05, 0) is 42.3 Å². The van der Waals surface area contributed by atoms with Gasteiger partial charge in [-0.15, -0.1) is 0 Å². The van der Waals surface area contributed by atoms with Crippen LogP contribution in [0.1, 0.15) is 40.8 Å². The number of rotatable bonds is 9. The number of benzene rings is 2. The second kappa shape index (κ2) is 12.3. The molecule has 37 heavy (non-hydrogen) atoms. The molecule has 3 aromatic rings. The van der Waals surface area contributed by atoms with Gasteiger partial charge in [0.25, 0.3) is 5.56 Å². The van der Waals surface area contributed by atoms with Crippen molar-refractivity contribution in [1.29, 1.82) is 5.26 Å². The molecular weight excluding hydrogens is 469 g/mol. The van der Waals surface area contributed by atoms with E-state index in [1.165, 1.54) is 11.9 Å². The Morgan fingerprint density at radius 3 is 2.43 bits per heavy atom. The molecule has 2 atom stereocenters. The van der Waals surface area contributed by atoms with Crippen molar-refractivity contribution >= 4 is 0 Å². The molecule has 1 aromatic heterocycles. The van der Waals surface area contributed by atoms with E-state index in [4.69, 9.17) is 5.26 Å². The Bertz CT molecular complexity index is 1350. The number of nitrogens with zero attached hydrogens (tertiary/aromatic N) is 3. The number of hydrogen-bond acceptors (Lipinski definition) is 6. The van der Waals surface area contributed by atoms with Gasteiger partial charge in [-0.2, -0.15) is 5.26 Å². The Hall–Kier alpha value is -3.98. The van der Waals surface area contributed by atoms with Gasteiger partial charge >= 0.3 is 0 Å². The second-order valence-electron chi connectivity index (χ2n) is 9.48. The summed E-state index contributed by atoms with van der Waals surface area (Å²) in [6, 6.07) is 17.9. The van der Waals surface area contributed by atoms with Crippen molar-refractivity contribution in [1.82, 2.24) is 20.2 Å². The van der Waals surface area contributed by atoms with Crippen LogP contribution in [0.2, 0.25) is 0 Å². The summed E-state index contributed by atoms with van der Waals surface area (Å²) in [5.74, 6) is 6.02. The van der Waals surface area contributed by atoms with Gasteiger partial charge in [-0.1, -0.05) is 36.1 Å². The first-order chi connectivity index (χ1) is 17.9. The average Bonchev–Trinajstić information content (AvgIpc) is 2.90. The number of nitrogens with one attached hydrogen (secondary N) is 2. The van der Waals surface area contributed by atoms with Crippen LogP contribution in [0, 0.1) is 29.1 Å². The molecule has 0 spiro atoms. The number of aromatic amines is 1. The monoisotopic (exact) mass is 499 g/mol. The molecule has 8 heteroatoms. The van der Waals surface area contributed by atoms with E-state index in [-0.39, 0.29) is 17.9 Å². The van der Waals surface area contributed by atoms with E-state index in [1.54, 1.807) is 6.92 Å². The molecule has 1 aliphatic heterocycles. The molecule has 0 aliphatic carbocycles. The van der Waals surface area contributed by atoms with Gasteiger partial charge in [-0.25, -0.2) is 9.37 Å². The summed E-state index contributed by atoms with van der Waals surface area (Å²) in [7, 11) is 0. The number of nitriles is 1. The van der Waals surface area contributed by atoms with Gasteiger partial charge in [-0.3, -0.25) is 9.69 Å². The highest BCUT2D eigenvalue weighted by atomic mass is 19.1. The van der Waals surface area contributed by atoms with E-state index in [1.807, 2.05) is 36.4 Å². The van der Waals surface area contributed by atoms with Crippen molar-refractivity contribution in [3.05, 3.63) is 93.2 Å². The maximum absolute atomic E-state index is 13.0. The molecule has 0 radical (unpaired) electrons. The van der Waals surface area contributed by atoms with Gasteiger partial charge in [0.1, 0.15) is 6.67 Å². The molecule has 3 N–H and O–H groups in total. The lowest BCUT2D eigenvalue weighted by Crippen LogP contribution is -2.45. The summed E-state index contributed by atoms with van der Waals surface area (Å²) < 4.78 is 13.0. The summed E-state index contributed by atoms with van der Waals surface area (Å²) in [6.07, 6.45) is 1.60. The van der Waals surface area contributed by atoms with E-state index in [0.717, 1.165) is 36.3 Å². The summed E-state index contributed by atoms with van der Waals surface area (Å²) in [6.45, 7) is 4.25. The lowest BCUT2D eigenvalue weighted by Gasteiger charge is -2.35. The molecule has 2 aromatic carbocycles. The number of H-pyrrole nitrogens is 1. The van der Waals surface area contributed by atoms with Crippen LogP contribution < -0.4 is 10.9 Å². The van der Waals surface area contributed by atoms with Gasteiger partial charge < -0.3 is 15.4 Å². The lowest BCUT2D eigenvalue weighted by atomic mass is 9.92. The highest BCUT2D eigenvalue weighted by Crippen LogP contribution is 2.23. The van der Waals surface area contributed by atoms with Crippen molar-refractivity contribution < 1.29 is 9.50 Å². The smallest absolute Gasteiger partial charge is 0.293 e. The fraction of sp³-hybridized carbons (Fsp3) is 0.345. The first-order valence-corrected chi connectivity index (χ1v) is 12.3. The third-order valence-electron chi connectivity index (χ3n) is 6.52. The molecule has 0 unspecified atom stereocenters. The molecule has 4 rings (SSSR count). The lowest BCUT2D eigenvalue weighted by molar-refractivity contribution is 0.127. The fourth-order valence-electron chi connectivity index (χ4n) is 4.23. The minimum atomic E-state index is -0.583. The van der Waals surface area contributed by atoms with E-state index >= 15 is 0 Å². The van der Waals surface area contributed by atoms with Crippen LogP contribution >= 0.6 is 0 Å². The van der Waals surface area contributed by atoms with Crippen LogP contribution in [0.25, 0.3) is 0 Å². The van der Waals surface area contributed by atoms with E-state index in [0.29, 0.717) is 18.7 Å². The molecule has 0 amide bonds. The summed E-state index contributed by atoms with van der Waals surface area (Å²) in [4.78, 5) is 20.5. The molecule has 7 nitrogen and oxygen atoms in total. The van der Waals surface area contributed by atoms with E-state index < -0.39 is 18.0 Å². The van der Waals surface area contributed by atoms with Crippen LogP contribution in [-0.2, 0) is 13.0 Å². The van der Waals surface area contributed by atoms with Gasteiger partial charge in [0, 0.05) is 55.7 Å². The zero-order valence-electron chi connectivity index (χ0n) is 20.7. The van der Waals surface area contributed by atoms with Gasteiger partial charge in [0.15, 0.2) is 0 Å². The number of alkyl halides is 1. The molecule has 1 aliphatic rings. The van der Waals surface area contributed by atoms with Crippen LogP contribution in [-0.4, -0.2) is 52.3 Å². The summed E-state index contributed by atoms with van der Waals surface area (Å²) in [5.41, 5.74) is 3.67. The fourth-order valence-corrected chi connectivity index (χ4v) is 4.23. The molecule has 0 bridgehead atoms. The predicted molar refractivity (Wildman–Crippen MR) is 140 cm³/mol. The molecule has 0 saturated carbocycles. The predicted octanol–water partition coefficient (Wildman–Crippen LogP) is 3.10. The SMILES string of the molecule is C[C@H](CF)NC[C@H](Cc1nc[nH]c(=O)c1O)c1ccc(C#Cc2ccc(CN3CC(C#N)C3)cc2)cc1. The maximum Gasteiger partial charge on any atom is 0.293 e. The maximum atomic E-state index is 13.0. The standard InChI is InChI=1S/C29H30FN5O2/c1-20(13-30)32-15-26(12-27-28(36)29(37)34-19-33-27)25-10-8-22(9-11-25)3-2-21-4-6-23(7-5-21)16-35-17-24(14-31)18-35/h4-11,19-20,24,26,32,36H,12-13,15-18H2,1H3,(H,33,34,37)/t20-,26+/m1/s1. The molecule has 2 heterocycles. The quantitative estimate of drug-likeness (QED) is 0.391. The zero-order chi connectivity index (χ0) is 26.2. The Morgan fingerprint density at radius 2 is 1.81 bits per heavy atom. The Morgan fingerprint density at radius 1 is 1.16 bits per heavy atom. The van der Waals surface area contributed by atoms with Crippen LogP contribution in [0.3, 0.4) is 0 Å². The Kier molecular flexibility index (Phi) is 8.68. The number of aromatic nitrogens is 2. The average molecular weight is 500 g/mol. The highest BCUT2D eigenvalue weighted by molar-refractivity contribution is 5.44. The highest BCUT2D eigenvalue weighted by Gasteiger charge is 2.25. The van der Waals surface area contributed by atoms with Crippen LogP contribution in [0.4, 0.5) is 4.39 Å². The number of hydrogen-bond donors (Lipinski definition) is 3. The Balaban J connectivity index is 1.42. The first kappa shape index (κ1) is 26.1. The second-order valence-corrected chi connectivity index (χ2v) is 9.48. The molecule has 1 fully saturated rings.